The molecule has 0 saturated carbocycles. The summed E-state index contributed by atoms with van der Waals surface area (Å²) in [7, 11) is 0. The predicted octanol–water partition coefficient (Wildman–Crippen LogP) is 2.95. The first kappa shape index (κ1) is 11.5. The van der Waals surface area contributed by atoms with Crippen molar-refractivity contribution in [2.75, 3.05) is 18.4 Å². The SMILES string of the molecule is C=CCN(CC=C)C(=O)Nc1cccs1. The fourth-order valence-electron chi connectivity index (χ4n) is 1.09. The minimum atomic E-state index is -0.128. The van der Waals surface area contributed by atoms with Crippen LogP contribution < -0.4 is 5.32 Å². The normalized spacial score (nSPS) is 9.33. The molecule has 80 valence electrons. The highest BCUT2D eigenvalue weighted by Crippen LogP contribution is 2.15. The average molecular weight is 222 g/mol. The number of anilines is 1. The van der Waals surface area contributed by atoms with Crippen LogP contribution >= 0.6 is 11.3 Å². The molecule has 0 aliphatic heterocycles. The lowest BCUT2D eigenvalue weighted by molar-refractivity contribution is 0.222. The summed E-state index contributed by atoms with van der Waals surface area (Å²) in [4.78, 5) is 13.3. The van der Waals surface area contributed by atoms with Gasteiger partial charge in [-0.3, -0.25) is 5.32 Å². The molecule has 1 aromatic rings. The maximum atomic E-state index is 11.7. The van der Waals surface area contributed by atoms with Crippen molar-refractivity contribution in [3.8, 4) is 0 Å². The maximum Gasteiger partial charge on any atom is 0.323 e. The van der Waals surface area contributed by atoms with Gasteiger partial charge in [-0.1, -0.05) is 12.2 Å². The topological polar surface area (TPSA) is 32.3 Å². The van der Waals surface area contributed by atoms with E-state index in [9.17, 15) is 4.79 Å². The summed E-state index contributed by atoms with van der Waals surface area (Å²) in [6.45, 7) is 8.25. The summed E-state index contributed by atoms with van der Waals surface area (Å²) >= 11 is 1.49. The Morgan fingerprint density at radius 2 is 2.13 bits per heavy atom. The highest BCUT2D eigenvalue weighted by atomic mass is 32.1. The molecule has 0 aliphatic carbocycles. The predicted molar refractivity (Wildman–Crippen MR) is 65.3 cm³/mol. The highest BCUT2D eigenvalue weighted by Gasteiger charge is 2.10. The van der Waals surface area contributed by atoms with Gasteiger partial charge in [0, 0.05) is 13.1 Å². The van der Waals surface area contributed by atoms with Gasteiger partial charge in [0.1, 0.15) is 0 Å². The van der Waals surface area contributed by atoms with Crippen molar-refractivity contribution in [2.45, 2.75) is 0 Å². The van der Waals surface area contributed by atoms with Gasteiger partial charge in [-0.25, -0.2) is 4.79 Å². The van der Waals surface area contributed by atoms with Crippen LogP contribution in [-0.4, -0.2) is 24.0 Å². The zero-order valence-corrected chi connectivity index (χ0v) is 9.30. The molecule has 3 nitrogen and oxygen atoms in total. The Morgan fingerprint density at radius 3 is 2.60 bits per heavy atom. The van der Waals surface area contributed by atoms with E-state index in [1.807, 2.05) is 17.5 Å². The summed E-state index contributed by atoms with van der Waals surface area (Å²) in [5.41, 5.74) is 0. The monoisotopic (exact) mass is 222 g/mol. The average Bonchev–Trinajstić information content (AvgIpc) is 2.70. The molecule has 0 aromatic carbocycles. The van der Waals surface area contributed by atoms with E-state index in [0.29, 0.717) is 13.1 Å². The van der Waals surface area contributed by atoms with Crippen LogP contribution in [-0.2, 0) is 0 Å². The molecule has 0 unspecified atom stereocenters. The van der Waals surface area contributed by atoms with Gasteiger partial charge in [-0.2, -0.15) is 0 Å². The Balaban J connectivity index is 2.55. The number of thiophene rings is 1. The second-order valence-electron chi connectivity index (χ2n) is 2.89. The molecule has 0 fully saturated rings. The molecule has 0 spiro atoms. The van der Waals surface area contributed by atoms with Gasteiger partial charge in [-0.05, 0) is 17.5 Å². The number of hydrogen-bond donors (Lipinski definition) is 1. The number of amides is 2. The highest BCUT2D eigenvalue weighted by molar-refractivity contribution is 7.14. The first-order valence-electron chi connectivity index (χ1n) is 4.59. The first-order chi connectivity index (χ1) is 7.27. The third kappa shape index (κ3) is 3.59. The molecule has 1 aromatic heterocycles. The Hall–Kier alpha value is -1.55. The summed E-state index contributed by atoms with van der Waals surface area (Å²) in [5.74, 6) is 0. The van der Waals surface area contributed by atoms with Crippen LogP contribution in [0.1, 0.15) is 0 Å². The molecular weight excluding hydrogens is 208 g/mol. The van der Waals surface area contributed by atoms with Crippen molar-refractivity contribution in [1.29, 1.82) is 0 Å². The molecule has 0 atom stereocenters. The van der Waals surface area contributed by atoms with Gasteiger partial charge in [0.25, 0.3) is 0 Å². The lowest BCUT2D eigenvalue weighted by Gasteiger charge is -2.19. The summed E-state index contributed by atoms with van der Waals surface area (Å²) in [5, 5.41) is 5.56. The number of nitrogens with one attached hydrogen (secondary N) is 1. The minimum Gasteiger partial charge on any atom is -0.317 e. The Labute approximate surface area is 93.7 Å². The van der Waals surface area contributed by atoms with Gasteiger partial charge in [0.2, 0.25) is 0 Å². The molecule has 1 heterocycles. The van der Waals surface area contributed by atoms with Gasteiger partial charge >= 0.3 is 6.03 Å². The van der Waals surface area contributed by atoms with Crippen LogP contribution in [0.5, 0.6) is 0 Å². The number of carbonyl (C=O) groups excluding carboxylic acids is 1. The van der Waals surface area contributed by atoms with E-state index >= 15 is 0 Å². The Kier molecular flexibility index (Phi) is 4.63. The minimum absolute atomic E-state index is 0.128. The number of rotatable bonds is 5. The standard InChI is InChI=1S/C11H14N2OS/c1-3-7-13(8-4-2)11(14)12-10-6-5-9-15-10/h3-6,9H,1-2,7-8H2,(H,12,14). The second-order valence-corrected chi connectivity index (χ2v) is 3.84. The molecular formula is C11H14N2OS. The molecule has 1 rings (SSSR count). The summed E-state index contributed by atoms with van der Waals surface area (Å²) in [6, 6.07) is 3.63. The van der Waals surface area contributed by atoms with Crippen LogP contribution in [0.3, 0.4) is 0 Å². The van der Waals surface area contributed by atoms with Gasteiger partial charge in [-0.15, -0.1) is 24.5 Å². The van der Waals surface area contributed by atoms with Gasteiger partial charge in [0.05, 0.1) is 5.00 Å². The lowest BCUT2D eigenvalue weighted by Crippen LogP contribution is -2.34. The number of carbonyl (C=O) groups is 1. The molecule has 0 aliphatic rings. The third-order valence-corrected chi connectivity index (χ3v) is 2.52. The van der Waals surface area contributed by atoms with Crippen LogP contribution in [0.2, 0.25) is 0 Å². The van der Waals surface area contributed by atoms with Crippen LogP contribution in [0, 0.1) is 0 Å². The maximum absolute atomic E-state index is 11.7. The van der Waals surface area contributed by atoms with Gasteiger partial charge in [0.15, 0.2) is 0 Å². The molecule has 0 radical (unpaired) electrons. The van der Waals surface area contributed by atoms with E-state index in [1.54, 1.807) is 17.1 Å². The third-order valence-electron chi connectivity index (χ3n) is 1.74. The van der Waals surface area contributed by atoms with Crippen molar-refractivity contribution < 1.29 is 4.79 Å². The summed E-state index contributed by atoms with van der Waals surface area (Å²) < 4.78 is 0. The van der Waals surface area contributed by atoms with Crippen LogP contribution in [0.15, 0.2) is 42.8 Å². The smallest absolute Gasteiger partial charge is 0.317 e. The molecule has 1 N–H and O–H groups in total. The quantitative estimate of drug-likeness (QED) is 0.763. The van der Waals surface area contributed by atoms with Crippen molar-refractivity contribution in [2.24, 2.45) is 0 Å². The van der Waals surface area contributed by atoms with Gasteiger partial charge < -0.3 is 4.90 Å². The van der Waals surface area contributed by atoms with Crippen molar-refractivity contribution in [3.63, 3.8) is 0 Å². The van der Waals surface area contributed by atoms with E-state index in [-0.39, 0.29) is 6.03 Å². The molecule has 2 amide bonds. The van der Waals surface area contributed by atoms with E-state index in [2.05, 4.69) is 18.5 Å². The van der Waals surface area contributed by atoms with E-state index < -0.39 is 0 Å². The van der Waals surface area contributed by atoms with Crippen molar-refractivity contribution in [1.82, 2.24) is 4.90 Å². The number of urea groups is 1. The molecule has 0 saturated heterocycles. The van der Waals surface area contributed by atoms with Crippen molar-refractivity contribution >= 4 is 22.4 Å². The van der Waals surface area contributed by atoms with Crippen LogP contribution in [0.25, 0.3) is 0 Å². The number of nitrogens with zero attached hydrogens (tertiary/aromatic N) is 1. The zero-order chi connectivity index (χ0) is 11.1. The fraction of sp³-hybridized carbons (Fsp3) is 0.182. The van der Waals surface area contributed by atoms with E-state index in [0.717, 1.165) is 5.00 Å². The Bertz CT molecular complexity index is 322. The molecule has 0 bridgehead atoms. The van der Waals surface area contributed by atoms with E-state index in [1.165, 1.54) is 11.3 Å². The van der Waals surface area contributed by atoms with E-state index in [4.69, 9.17) is 0 Å². The van der Waals surface area contributed by atoms with Crippen LogP contribution in [0.4, 0.5) is 9.80 Å². The zero-order valence-electron chi connectivity index (χ0n) is 8.48. The number of hydrogen-bond acceptors (Lipinski definition) is 2. The fourth-order valence-corrected chi connectivity index (χ4v) is 1.69. The summed E-state index contributed by atoms with van der Waals surface area (Å²) in [6.07, 6.45) is 3.38. The largest absolute Gasteiger partial charge is 0.323 e. The Morgan fingerprint density at radius 1 is 1.47 bits per heavy atom. The second kappa shape index (κ2) is 6.03. The first-order valence-corrected chi connectivity index (χ1v) is 5.47. The lowest BCUT2D eigenvalue weighted by atomic mass is 10.4. The molecule has 4 heteroatoms. The van der Waals surface area contributed by atoms with Crippen molar-refractivity contribution in [3.05, 3.63) is 42.8 Å². The molecule has 15 heavy (non-hydrogen) atoms.